The number of halogens is 1. The van der Waals surface area contributed by atoms with E-state index in [0.717, 1.165) is 28.1 Å². The summed E-state index contributed by atoms with van der Waals surface area (Å²) in [5, 5.41) is 3.62. The van der Waals surface area contributed by atoms with Crippen LogP contribution in [-0.2, 0) is 11.2 Å². The fraction of sp³-hybridized carbons (Fsp3) is 0.267. The fourth-order valence-corrected chi connectivity index (χ4v) is 2.95. The summed E-state index contributed by atoms with van der Waals surface area (Å²) in [5.41, 5.74) is 1.04. The standard InChI is InChI=1S/C15H16ClNO2S/c1-17-7-9-19-14-4-2-11(10-13(14)16)15-5-3-12(20-15)6-8-18/h2-5,8,10,17H,6-7,9H2,1H3. The Hall–Kier alpha value is -1.36. The van der Waals surface area contributed by atoms with E-state index in [9.17, 15) is 4.79 Å². The van der Waals surface area contributed by atoms with E-state index in [0.29, 0.717) is 23.8 Å². The Balaban J connectivity index is 2.12. The highest BCUT2D eigenvalue weighted by molar-refractivity contribution is 7.15. The van der Waals surface area contributed by atoms with Gasteiger partial charge in [-0.3, -0.25) is 0 Å². The molecule has 1 heterocycles. The van der Waals surface area contributed by atoms with Crippen molar-refractivity contribution in [3.63, 3.8) is 0 Å². The molecular weight excluding hydrogens is 294 g/mol. The van der Waals surface area contributed by atoms with Crippen LogP contribution < -0.4 is 10.1 Å². The third-order valence-electron chi connectivity index (χ3n) is 2.77. The van der Waals surface area contributed by atoms with Crippen LogP contribution in [0.4, 0.5) is 0 Å². The molecule has 1 N–H and O–H groups in total. The number of thiophene rings is 1. The van der Waals surface area contributed by atoms with Crippen LogP contribution in [0.5, 0.6) is 5.75 Å². The third kappa shape index (κ3) is 3.82. The van der Waals surface area contributed by atoms with Gasteiger partial charge in [-0.2, -0.15) is 0 Å². The van der Waals surface area contributed by atoms with Gasteiger partial charge in [0.1, 0.15) is 18.6 Å². The van der Waals surface area contributed by atoms with Crippen molar-refractivity contribution in [1.29, 1.82) is 0 Å². The highest BCUT2D eigenvalue weighted by Gasteiger charge is 2.07. The lowest BCUT2D eigenvalue weighted by Crippen LogP contribution is -2.16. The van der Waals surface area contributed by atoms with Crippen molar-refractivity contribution in [3.8, 4) is 16.2 Å². The lowest BCUT2D eigenvalue weighted by atomic mass is 10.2. The Labute approximate surface area is 127 Å². The van der Waals surface area contributed by atoms with Gasteiger partial charge < -0.3 is 14.8 Å². The average molecular weight is 310 g/mol. The molecular formula is C15H16ClNO2S. The third-order valence-corrected chi connectivity index (χ3v) is 4.22. The van der Waals surface area contributed by atoms with Crippen molar-refractivity contribution in [2.45, 2.75) is 6.42 Å². The average Bonchev–Trinajstić information content (AvgIpc) is 2.90. The Morgan fingerprint density at radius 2 is 2.20 bits per heavy atom. The summed E-state index contributed by atoms with van der Waals surface area (Å²) in [4.78, 5) is 12.7. The first kappa shape index (κ1) is 15.0. The van der Waals surface area contributed by atoms with Crippen LogP contribution in [0.1, 0.15) is 4.88 Å². The van der Waals surface area contributed by atoms with Gasteiger partial charge in [0.15, 0.2) is 0 Å². The van der Waals surface area contributed by atoms with Crippen molar-refractivity contribution >= 4 is 29.2 Å². The van der Waals surface area contributed by atoms with Crippen LogP contribution in [0.25, 0.3) is 10.4 Å². The van der Waals surface area contributed by atoms with Gasteiger partial charge in [-0.05, 0) is 42.9 Å². The Morgan fingerprint density at radius 3 is 2.90 bits per heavy atom. The van der Waals surface area contributed by atoms with Crippen molar-refractivity contribution in [3.05, 3.63) is 40.2 Å². The molecule has 0 bridgehead atoms. The zero-order valence-corrected chi connectivity index (χ0v) is 12.8. The van der Waals surface area contributed by atoms with Gasteiger partial charge >= 0.3 is 0 Å². The van der Waals surface area contributed by atoms with Gasteiger partial charge in [0.2, 0.25) is 0 Å². The molecule has 0 atom stereocenters. The smallest absolute Gasteiger partial charge is 0.137 e. The van der Waals surface area contributed by atoms with Gasteiger partial charge in [-0.25, -0.2) is 0 Å². The van der Waals surface area contributed by atoms with Crippen molar-refractivity contribution in [2.24, 2.45) is 0 Å². The summed E-state index contributed by atoms with van der Waals surface area (Å²) in [5.74, 6) is 0.690. The summed E-state index contributed by atoms with van der Waals surface area (Å²) >= 11 is 7.84. The van der Waals surface area contributed by atoms with Gasteiger partial charge in [0, 0.05) is 22.7 Å². The number of nitrogens with one attached hydrogen (secondary N) is 1. The molecule has 0 unspecified atom stereocenters. The Morgan fingerprint density at radius 1 is 1.35 bits per heavy atom. The molecule has 0 saturated carbocycles. The minimum atomic E-state index is 0.462. The number of hydrogen-bond donors (Lipinski definition) is 1. The molecule has 1 aromatic carbocycles. The van der Waals surface area contributed by atoms with E-state index in [1.54, 1.807) is 11.3 Å². The van der Waals surface area contributed by atoms with Crippen molar-refractivity contribution < 1.29 is 9.53 Å². The Bertz CT molecular complexity index is 583. The fourth-order valence-electron chi connectivity index (χ4n) is 1.76. The summed E-state index contributed by atoms with van der Waals surface area (Å²) in [6.07, 6.45) is 1.38. The summed E-state index contributed by atoms with van der Waals surface area (Å²) < 4.78 is 5.57. The molecule has 5 heteroatoms. The van der Waals surface area contributed by atoms with Crippen LogP contribution in [0.2, 0.25) is 5.02 Å². The molecule has 1 aromatic heterocycles. The highest BCUT2D eigenvalue weighted by atomic mass is 35.5. The maximum atomic E-state index is 10.5. The number of carbonyl (C=O) groups excluding carboxylic acids is 1. The lowest BCUT2D eigenvalue weighted by Gasteiger charge is -2.08. The van der Waals surface area contributed by atoms with E-state index in [2.05, 4.69) is 5.32 Å². The van der Waals surface area contributed by atoms with Gasteiger partial charge in [-0.15, -0.1) is 11.3 Å². The minimum Gasteiger partial charge on any atom is -0.491 e. The predicted molar refractivity (Wildman–Crippen MR) is 84.0 cm³/mol. The van der Waals surface area contributed by atoms with E-state index >= 15 is 0 Å². The normalized spacial score (nSPS) is 10.5. The number of carbonyl (C=O) groups is 1. The van der Waals surface area contributed by atoms with E-state index < -0.39 is 0 Å². The number of aldehydes is 1. The maximum absolute atomic E-state index is 10.5. The first-order valence-electron chi connectivity index (χ1n) is 6.34. The van der Waals surface area contributed by atoms with Crippen LogP contribution in [0.15, 0.2) is 30.3 Å². The van der Waals surface area contributed by atoms with Gasteiger partial charge in [0.05, 0.1) is 5.02 Å². The summed E-state index contributed by atoms with van der Waals surface area (Å²) in [6.45, 7) is 1.36. The Kier molecular flexibility index (Phi) is 5.59. The molecule has 0 amide bonds. The quantitative estimate of drug-likeness (QED) is 0.629. The second kappa shape index (κ2) is 7.43. The summed E-state index contributed by atoms with van der Waals surface area (Å²) in [7, 11) is 1.88. The molecule has 0 aliphatic carbocycles. The second-order valence-electron chi connectivity index (χ2n) is 4.23. The molecule has 0 aliphatic rings. The molecule has 106 valence electrons. The number of rotatable bonds is 7. The predicted octanol–water partition coefficient (Wildman–Crippen LogP) is 3.41. The molecule has 20 heavy (non-hydrogen) atoms. The van der Waals surface area contributed by atoms with Crippen LogP contribution in [0, 0.1) is 0 Å². The molecule has 2 rings (SSSR count). The van der Waals surface area contributed by atoms with Crippen molar-refractivity contribution in [1.82, 2.24) is 5.32 Å². The van der Waals surface area contributed by atoms with E-state index in [1.807, 2.05) is 37.4 Å². The molecule has 0 radical (unpaired) electrons. The molecule has 3 nitrogen and oxygen atoms in total. The van der Waals surface area contributed by atoms with E-state index in [4.69, 9.17) is 16.3 Å². The zero-order valence-electron chi connectivity index (χ0n) is 11.2. The molecule has 0 saturated heterocycles. The second-order valence-corrected chi connectivity index (χ2v) is 5.81. The first-order chi connectivity index (χ1) is 9.74. The lowest BCUT2D eigenvalue weighted by molar-refractivity contribution is -0.107. The largest absolute Gasteiger partial charge is 0.491 e. The van der Waals surface area contributed by atoms with Crippen LogP contribution in [0.3, 0.4) is 0 Å². The van der Waals surface area contributed by atoms with Crippen molar-refractivity contribution in [2.75, 3.05) is 20.2 Å². The SMILES string of the molecule is CNCCOc1ccc(-c2ccc(CC=O)s2)cc1Cl. The summed E-state index contributed by atoms with van der Waals surface area (Å²) in [6, 6.07) is 9.74. The monoisotopic (exact) mass is 309 g/mol. The number of likely N-dealkylation sites (N-methyl/N-ethyl adjacent to an activating group) is 1. The number of benzene rings is 1. The molecule has 2 aromatic rings. The first-order valence-corrected chi connectivity index (χ1v) is 7.53. The zero-order chi connectivity index (χ0) is 14.4. The molecule has 0 aliphatic heterocycles. The van der Waals surface area contributed by atoms with Crippen LogP contribution >= 0.6 is 22.9 Å². The topological polar surface area (TPSA) is 38.3 Å². The van der Waals surface area contributed by atoms with Crippen LogP contribution in [-0.4, -0.2) is 26.5 Å². The molecule has 0 spiro atoms. The number of ether oxygens (including phenoxy) is 1. The van der Waals surface area contributed by atoms with Gasteiger partial charge in [0.25, 0.3) is 0 Å². The van der Waals surface area contributed by atoms with Gasteiger partial charge in [-0.1, -0.05) is 11.6 Å². The molecule has 0 fully saturated rings. The van der Waals surface area contributed by atoms with E-state index in [1.165, 1.54) is 0 Å². The number of hydrogen-bond acceptors (Lipinski definition) is 4. The maximum Gasteiger partial charge on any atom is 0.137 e. The van der Waals surface area contributed by atoms with E-state index in [-0.39, 0.29) is 0 Å². The highest BCUT2D eigenvalue weighted by Crippen LogP contribution is 2.33. The minimum absolute atomic E-state index is 0.462.